The zero-order chi connectivity index (χ0) is 16.4. The maximum absolute atomic E-state index is 12.2. The van der Waals surface area contributed by atoms with Gasteiger partial charge in [0.05, 0.1) is 17.0 Å². The molecule has 2 heterocycles. The Kier molecular flexibility index (Phi) is 4.84. The minimum Gasteiger partial charge on any atom is -0.324 e. The quantitative estimate of drug-likeness (QED) is 0.528. The Hall–Kier alpha value is -1.64. The molecule has 3 rings (SSSR count). The van der Waals surface area contributed by atoms with Crippen LogP contribution in [0.15, 0.2) is 50.1 Å². The number of thiophene rings is 1. The molecule has 5 nitrogen and oxygen atoms in total. The van der Waals surface area contributed by atoms with E-state index >= 15 is 0 Å². The van der Waals surface area contributed by atoms with Crippen LogP contribution in [0.25, 0.3) is 10.2 Å². The van der Waals surface area contributed by atoms with Gasteiger partial charge >= 0.3 is 0 Å². The highest BCUT2D eigenvalue weighted by molar-refractivity contribution is 9.10. The summed E-state index contributed by atoms with van der Waals surface area (Å²) >= 11 is 6.00. The van der Waals surface area contributed by atoms with Crippen molar-refractivity contribution in [1.82, 2.24) is 9.55 Å². The van der Waals surface area contributed by atoms with Crippen molar-refractivity contribution in [2.75, 3.05) is 11.1 Å². The molecule has 0 aliphatic heterocycles. The summed E-state index contributed by atoms with van der Waals surface area (Å²) in [5.41, 5.74) is 1.30. The van der Waals surface area contributed by atoms with Crippen LogP contribution in [-0.4, -0.2) is 21.2 Å². The first-order chi connectivity index (χ1) is 11.1. The second-order valence-electron chi connectivity index (χ2n) is 4.71. The minimum atomic E-state index is -0.151. The van der Waals surface area contributed by atoms with Gasteiger partial charge in [-0.3, -0.25) is 14.2 Å². The second kappa shape index (κ2) is 6.86. The lowest BCUT2D eigenvalue weighted by Gasteiger charge is -2.08. The number of amides is 1. The SMILES string of the molecule is Cn1c(SCC(=O)Nc2ccccc2Br)nc2ccsc2c1=O. The molecule has 1 amide bonds. The third kappa shape index (κ3) is 3.49. The summed E-state index contributed by atoms with van der Waals surface area (Å²) in [6.07, 6.45) is 0. The van der Waals surface area contributed by atoms with E-state index in [1.807, 2.05) is 35.7 Å². The predicted octanol–water partition coefficient (Wildman–Crippen LogP) is 3.49. The van der Waals surface area contributed by atoms with E-state index in [9.17, 15) is 9.59 Å². The normalized spacial score (nSPS) is 10.9. The number of hydrogen-bond donors (Lipinski definition) is 1. The fourth-order valence-electron chi connectivity index (χ4n) is 1.98. The van der Waals surface area contributed by atoms with E-state index in [1.54, 1.807) is 7.05 Å². The molecule has 23 heavy (non-hydrogen) atoms. The molecule has 8 heteroatoms. The summed E-state index contributed by atoms with van der Waals surface area (Å²) in [5, 5.41) is 5.20. The van der Waals surface area contributed by atoms with Crippen LogP contribution in [0.4, 0.5) is 5.69 Å². The predicted molar refractivity (Wildman–Crippen MR) is 98.4 cm³/mol. The van der Waals surface area contributed by atoms with Crippen molar-refractivity contribution in [2.45, 2.75) is 5.16 Å². The number of aromatic nitrogens is 2. The first-order valence-corrected chi connectivity index (χ1v) is 9.33. The molecule has 0 fully saturated rings. The maximum atomic E-state index is 12.2. The molecule has 0 aliphatic carbocycles. The molecule has 0 saturated heterocycles. The lowest BCUT2D eigenvalue weighted by molar-refractivity contribution is -0.113. The van der Waals surface area contributed by atoms with Gasteiger partial charge in [-0.15, -0.1) is 11.3 Å². The van der Waals surface area contributed by atoms with Gasteiger partial charge < -0.3 is 5.32 Å². The lowest BCUT2D eigenvalue weighted by atomic mass is 10.3. The third-order valence-corrected chi connectivity index (χ3v) is 5.74. The Bertz CT molecular complexity index is 936. The minimum absolute atomic E-state index is 0.0845. The van der Waals surface area contributed by atoms with Gasteiger partial charge in [0.25, 0.3) is 5.56 Å². The number of fused-ring (bicyclic) bond motifs is 1. The molecule has 1 N–H and O–H groups in total. The van der Waals surface area contributed by atoms with Crippen LogP contribution >= 0.6 is 39.0 Å². The number of rotatable bonds is 4. The molecule has 0 radical (unpaired) electrons. The first kappa shape index (κ1) is 16.2. The van der Waals surface area contributed by atoms with Crippen LogP contribution in [0.2, 0.25) is 0 Å². The molecule has 0 bridgehead atoms. The molecular weight excluding hydrogens is 398 g/mol. The van der Waals surface area contributed by atoms with E-state index in [4.69, 9.17) is 0 Å². The Morgan fingerprint density at radius 2 is 2.17 bits per heavy atom. The topological polar surface area (TPSA) is 64.0 Å². The van der Waals surface area contributed by atoms with Crippen LogP contribution in [-0.2, 0) is 11.8 Å². The first-order valence-electron chi connectivity index (χ1n) is 6.67. The van der Waals surface area contributed by atoms with Crippen LogP contribution < -0.4 is 10.9 Å². The molecule has 1 aromatic carbocycles. The van der Waals surface area contributed by atoms with E-state index in [2.05, 4.69) is 26.2 Å². The third-order valence-electron chi connectivity index (χ3n) is 3.13. The summed E-state index contributed by atoms with van der Waals surface area (Å²) in [6.45, 7) is 0. The van der Waals surface area contributed by atoms with Crippen molar-refractivity contribution in [3.63, 3.8) is 0 Å². The molecule has 2 aromatic heterocycles. The molecule has 0 spiro atoms. The van der Waals surface area contributed by atoms with Crippen molar-refractivity contribution in [3.8, 4) is 0 Å². The Labute approximate surface area is 148 Å². The van der Waals surface area contributed by atoms with E-state index in [0.717, 1.165) is 4.47 Å². The molecule has 0 aliphatic rings. The number of hydrogen-bond acceptors (Lipinski definition) is 5. The van der Waals surface area contributed by atoms with E-state index in [1.165, 1.54) is 27.7 Å². The maximum Gasteiger partial charge on any atom is 0.271 e. The summed E-state index contributed by atoms with van der Waals surface area (Å²) in [6, 6.07) is 9.22. The summed E-state index contributed by atoms with van der Waals surface area (Å²) in [4.78, 5) is 28.7. The molecule has 3 aromatic rings. The summed E-state index contributed by atoms with van der Waals surface area (Å²) < 4.78 is 2.94. The lowest BCUT2D eigenvalue weighted by Crippen LogP contribution is -2.20. The Morgan fingerprint density at radius 1 is 1.39 bits per heavy atom. The number of benzene rings is 1. The largest absolute Gasteiger partial charge is 0.324 e. The highest BCUT2D eigenvalue weighted by Crippen LogP contribution is 2.23. The van der Waals surface area contributed by atoms with Gasteiger partial charge in [-0.25, -0.2) is 4.98 Å². The number of thioether (sulfide) groups is 1. The fraction of sp³-hybridized carbons (Fsp3) is 0.133. The van der Waals surface area contributed by atoms with Crippen LogP contribution in [0, 0.1) is 0 Å². The van der Waals surface area contributed by atoms with Crippen LogP contribution in [0.5, 0.6) is 0 Å². The average Bonchev–Trinajstić information content (AvgIpc) is 3.00. The second-order valence-corrected chi connectivity index (χ2v) is 7.42. The molecular formula is C15H12BrN3O2S2. The van der Waals surface area contributed by atoms with Gasteiger partial charge in [-0.05, 0) is 39.5 Å². The number of carbonyl (C=O) groups excluding carboxylic acids is 1. The van der Waals surface area contributed by atoms with Crippen molar-refractivity contribution in [2.24, 2.45) is 7.05 Å². The summed E-state index contributed by atoms with van der Waals surface area (Å²) in [5.74, 6) is 0.0265. The number of anilines is 1. The van der Waals surface area contributed by atoms with Gasteiger partial charge in [0.15, 0.2) is 5.16 Å². The van der Waals surface area contributed by atoms with Gasteiger partial charge in [-0.1, -0.05) is 23.9 Å². The van der Waals surface area contributed by atoms with Crippen LogP contribution in [0.3, 0.4) is 0 Å². The van der Waals surface area contributed by atoms with Crippen molar-refractivity contribution >= 4 is 60.8 Å². The number of nitrogens with zero attached hydrogens (tertiary/aromatic N) is 2. The average molecular weight is 410 g/mol. The van der Waals surface area contributed by atoms with Crippen molar-refractivity contribution in [3.05, 3.63) is 50.5 Å². The molecule has 0 unspecified atom stereocenters. The number of para-hydroxylation sites is 1. The molecule has 0 atom stereocenters. The molecule has 0 saturated carbocycles. The monoisotopic (exact) mass is 409 g/mol. The van der Waals surface area contributed by atoms with Crippen molar-refractivity contribution < 1.29 is 4.79 Å². The standard InChI is InChI=1S/C15H12BrN3O2S2/c1-19-14(21)13-11(6-7-22-13)18-15(19)23-8-12(20)17-10-5-3-2-4-9(10)16/h2-7H,8H2,1H3,(H,17,20). The van der Waals surface area contributed by atoms with Gasteiger partial charge in [0.1, 0.15) is 4.70 Å². The summed E-state index contributed by atoms with van der Waals surface area (Å²) in [7, 11) is 1.67. The number of carbonyl (C=O) groups is 1. The number of nitrogens with one attached hydrogen (secondary N) is 1. The highest BCUT2D eigenvalue weighted by atomic mass is 79.9. The Morgan fingerprint density at radius 3 is 2.96 bits per heavy atom. The van der Waals surface area contributed by atoms with Crippen LogP contribution in [0.1, 0.15) is 0 Å². The fourth-order valence-corrected chi connectivity index (χ4v) is 3.94. The van der Waals surface area contributed by atoms with Gasteiger partial charge in [0, 0.05) is 11.5 Å². The van der Waals surface area contributed by atoms with Gasteiger partial charge in [0.2, 0.25) is 5.91 Å². The zero-order valence-corrected chi connectivity index (χ0v) is 15.3. The van der Waals surface area contributed by atoms with E-state index in [0.29, 0.717) is 21.1 Å². The highest BCUT2D eigenvalue weighted by Gasteiger charge is 2.12. The van der Waals surface area contributed by atoms with Gasteiger partial charge in [-0.2, -0.15) is 0 Å². The Balaban J connectivity index is 1.73. The van der Waals surface area contributed by atoms with E-state index < -0.39 is 0 Å². The molecule has 118 valence electrons. The van der Waals surface area contributed by atoms with Crippen molar-refractivity contribution in [1.29, 1.82) is 0 Å². The smallest absolute Gasteiger partial charge is 0.271 e. The zero-order valence-electron chi connectivity index (χ0n) is 12.1. The van der Waals surface area contributed by atoms with E-state index in [-0.39, 0.29) is 17.2 Å². The number of halogens is 1.